The predicted molar refractivity (Wildman–Crippen MR) is 199 cm³/mol. The fourth-order valence-electron chi connectivity index (χ4n) is 7.66. The van der Waals surface area contributed by atoms with Crippen LogP contribution in [0.5, 0.6) is 5.75 Å². The molecule has 4 aromatic carbocycles. The largest absolute Gasteiger partial charge is 0.496 e. The van der Waals surface area contributed by atoms with E-state index in [4.69, 9.17) is 4.74 Å². The zero-order chi connectivity index (χ0) is 32.1. The van der Waals surface area contributed by atoms with E-state index in [0.29, 0.717) is 0 Å². The van der Waals surface area contributed by atoms with E-state index < -0.39 is 0 Å². The van der Waals surface area contributed by atoms with Crippen molar-refractivity contribution in [2.24, 2.45) is 11.8 Å². The van der Waals surface area contributed by atoms with E-state index in [0.717, 1.165) is 29.4 Å². The van der Waals surface area contributed by atoms with Crippen LogP contribution in [0.1, 0.15) is 119 Å². The molecule has 4 aromatic rings. The first-order valence-corrected chi connectivity index (χ1v) is 17.6. The van der Waals surface area contributed by atoms with E-state index in [1.54, 1.807) is 7.11 Å². The van der Waals surface area contributed by atoms with E-state index >= 15 is 0 Å². The molecule has 2 saturated carbocycles. The zero-order valence-electron chi connectivity index (χ0n) is 29.3. The van der Waals surface area contributed by atoms with Gasteiger partial charge < -0.3 is 4.74 Å². The average molecular weight is 605 g/mol. The third-order valence-corrected chi connectivity index (χ3v) is 11.4. The number of ether oxygens (including phenoxy) is 1. The fraction of sp³-hybridized carbons (Fsp3) is 0.455. The molecule has 2 aliphatic carbocycles. The fourth-order valence-corrected chi connectivity index (χ4v) is 7.66. The van der Waals surface area contributed by atoms with Crippen LogP contribution in [0.15, 0.2) is 72.8 Å². The average Bonchev–Trinajstić information content (AvgIpc) is 3.06. The summed E-state index contributed by atoms with van der Waals surface area (Å²) in [5.41, 5.74) is 15.2. The highest BCUT2D eigenvalue weighted by Crippen LogP contribution is 2.38. The van der Waals surface area contributed by atoms with Gasteiger partial charge in [-0.3, -0.25) is 0 Å². The van der Waals surface area contributed by atoms with Crippen molar-refractivity contribution in [2.75, 3.05) is 7.11 Å². The quantitative estimate of drug-likeness (QED) is 0.220. The Morgan fingerprint density at radius 3 is 1.29 bits per heavy atom. The van der Waals surface area contributed by atoms with Crippen molar-refractivity contribution in [2.45, 2.75) is 112 Å². The molecular formula is C44H60O. The van der Waals surface area contributed by atoms with Crippen LogP contribution in [0.4, 0.5) is 0 Å². The summed E-state index contributed by atoms with van der Waals surface area (Å²) in [4.78, 5) is 0. The molecule has 242 valence electrons. The van der Waals surface area contributed by atoms with Gasteiger partial charge in [0.1, 0.15) is 5.75 Å². The summed E-state index contributed by atoms with van der Waals surface area (Å²) in [6.45, 7) is 15.8. The Kier molecular flexibility index (Phi) is 10.9. The van der Waals surface area contributed by atoms with Gasteiger partial charge in [-0.15, -0.1) is 0 Å². The summed E-state index contributed by atoms with van der Waals surface area (Å²) in [6, 6.07) is 27.4. The smallest absolute Gasteiger partial charge is 0.122 e. The Bertz CT molecular complexity index is 1550. The Balaban J connectivity index is 0.000000245. The molecule has 0 heterocycles. The van der Waals surface area contributed by atoms with E-state index in [1.165, 1.54) is 113 Å². The zero-order valence-corrected chi connectivity index (χ0v) is 29.3. The SMILES string of the molecule is COc1ccc(-c2ccc(C3CCC(C)CC3)cc2)c(C)c1C.Cc1ccc(-c2ccc(C3CCC(C)CC3)cc2)c(C)c1C.[HH].[HH]. The molecule has 1 nitrogen and oxygen atoms in total. The number of hydrogen-bond acceptors (Lipinski definition) is 1. The van der Waals surface area contributed by atoms with E-state index in [9.17, 15) is 0 Å². The first-order valence-electron chi connectivity index (χ1n) is 17.6. The Morgan fingerprint density at radius 1 is 0.467 bits per heavy atom. The molecule has 2 aliphatic rings. The molecule has 0 bridgehead atoms. The Hall–Kier alpha value is -3.32. The van der Waals surface area contributed by atoms with Crippen molar-refractivity contribution in [3.63, 3.8) is 0 Å². The summed E-state index contributed by atoms with van der Waals surface area (Å²) >= 11 is 0. The van der Waals surface area contributed by atoms with Gasteiger partial charge in [0.05, 0.1) is 7.11 Å². The van der Waals surface area contributed by atoms with Crippen LogP contribution in [0.3, 0.4) is 0 Å². The van der Waals surface area contributed by atoms with E-state index in [1.807, 2.05) is 0 Å². The van der Waals surface area contributed by atoms with Crippen LogP contribution < -0.4 is 4.74 Å². The van der Waals surface area contributed by atoms with Crippen molar-refractivity contribution >= 4 is 0 Å². The predicted octanol–water partition coefficient (Wildman–Crippen LogP) is 13.3. The van der Waals surface area contributed by atoms with Crippen molar-refractivity contribution in [3.8, 4) is 28.0 Å². The Morgan fingerprint density at radius 2 is 0.867 bits per heavy atom. The van der Waals surface area contributed by atoms with Gasteiger partial charge in [-0.05, 0) is 151 Å². The van der Waals surface area contributed by atoms with Crippen molar-refractivity contribution < 1.29 is 7.59 Å². The van der Waals surface area contributed by atoms with Gasteiger partial charge in [-0.2, -0.15) is 0 Å². The minimum atomic E-state index is 0. The van der Waals surface area contributed by atoms with Crippen LogP contribution in [-0.4, -0.2) is 7.11 Å². The Labute approximate surface area is 277 Å². The molecule has 6 rings (SSSR count). The number of methoxy groups -OCH3 is 1. The highest BCUT2D eigenvalue weighted by atomic mass is 16.5. The van der Waals surface area contributed by atoms with Crippen molar-refractivity contribution in [1.29, 1.82) is 0 Å². The van der Waals surface area contributed by atoms with Crippen LogP contribution in [0.2, 0.25) is 0 Å². The molecule has 0 aliphatic heterocycles. The monoisotopic (exact) mass is 604 g/mol. The molecule has 0 saturated heterocycles. The topological polar surface area (TPSA) is 9.23 Å². The number of aryl methyl sites for hydroxylation is 1. The lowest BCUT2D eigenvalue weighted by Gasteiger charge is -2.26. The van der Waals surface area contributed by atoms with Crippen LogP contribution in [0.25, 0.3) is 22.3 Å². The maximum Gasteiger partial charge on any atom is 0.122 e. The molecule has 0 atom stereocenters. The summed E-state index contributed by atoms with van der Waals surface area (Å²) in [6.07, 6.45) is 11.0. The molecule has 2 fully saturated rings. The highest BCUT2D eigenvalue weighted by molar-refractivity contribution is 5.71. The van der Waals surface area contributed by atoms with Gasteiger partial charge in [-0.1, -0.05) is 106 Å². The van der Waals surface area contributed by atoms with Crippen molar-refractivity contribution in [1.82, 2.24) is 0 Å². The first kappa shape index (κ1) is 33.1. The summed E-state index contributed by atoms with van der Waals surface area (Å²) in [7, 11) is 1.74. The maximum absolute atomic E-state index is 5.42. The van der Waals surface area contributed by atoms with Gasteiger partial charge >= 0.3 is 0 Å². The third kappa shape index (κ3) is 7.74. The molecule has 45 heavy (non-hydrogen) atoms. The normalized spacial score (nSPS) is 21.5. The second-order valence-corrected chi connectivity index (χ2v) is 14.4. The molecule has 1 heteroatoms. The molecule has 0 amide bonds. The molecule has 0 spiro atoms. The summed E-state index contributed by atoms with van der Waals surface area (Å²) in [5, 5.41) is 0. The number of hydrogen-bond donors (Lipinski definition) is 0. The van der Waals surface area contributed by atoms with Gasteiger partial charge in [0.25, 0.3) is 0 Å². The van der Waals surface area contributed by atoms with Crippen LogP contribution >= 0.6 is 0 Å². The van der Waals surface area contributed by atoms with Crippen LogP contribution in [-0.2, 0) is 0 Å². The second-order valence-electron chi connectivity index (χ2n) is 14.4. The lowest BCUT2D eigenvalue weighted by atomic mass is 9.79. The molecular weight excluding hydrogens is 544 g/mol. The van der Waals surface area contributed by atoms with Gasteiger partial charge in [0.2, 0.25) is 0 Å². The second kappa shape index (κ2) is 14.8. The summed E-state index contributed by atoms with van der Waals surface area (Å²) in [5.74, 6) is 4.36. The summed E-state index contributed by atoms with van der Waals surface area (Å²) < 4.78 is 5.42. The van der Waals surface area contributed by atoms with Gasteiger partial charge in [-0.25, -0.2) is 0 Å². The number of rotatable bonds is 5. The minimum Gasteiger partial charge on any atom is -0.496 e. The van der Waals surface area contributed by atoms with Crippen molar-refractivity contribution in [3.05, 3.63) is 112 Å². The number of benzene rings is 4. The van der Waals surface area contributed by atoms with Crippen LogP contribution in [0, 0.1) is 46.5 Å². The van der Waals surface area contributed by atoms with E-state index in [-0.39, 0.29) is 2.85 Å². The molecule has 0 radical (unpaired) electrons. The van der Waals surface area contributed by atoms with Gasteiger partial charge in [0, 0.05) is 2.85 Å². The maximum atomic E-state index is 5.42. The van der Waals surface area contributed by atoms with Gasteiger partial charge in [0.15, 0.2) is 0 Å². The first-order chi connectivity index (χ1) is 21.7. The third-order valence-electron chi connectivity index (χ3n) is 11.4. The highest BCUT2D eigenvalue weighted by Gasteiger charge is 2.21. The lowest BCUT2D eigenvalue weighted by Crippen LogP contribution is -2.10. The minimum absolute atomic E-state index is 0. The van der Waals surface area contributed by atoms with E-state index in [2.05, 4.69) is 121 Å². The molecule has 0 unspecified atom stereocenters. The molecule has 0 N–H and O–H groups in total. The lowest BCUT2D eigenvalue weighted by molar-refractivity contribution is 0.348. The molecule has 0 aromatic heterocycles. The standard InChI is InChI=1S/C22H28O.C22H28.2H2/c1-15-5-7-18(8-6-15)19-9-11-20(12-10-19)21-13-14-22(23-4)17(3)16(21)2;1-15-5-8-19(9-6-15)20-10-12-21(13-11-20)22-14-7-16(2)17(3)18(22)4;;/h9-15,18H,5-8H2,1-4H3;7,10-15,19H,5-6,8-9H2,1-4H3;2*1H.